The van der Waals surface area contributed by atoms with Crippen LogP contribution in [0.5, 0.6) is 5.75 Å². The van der Waals surface area contributed by atoms with E-state index >= 15 is 0 Å². The van der Waals surface area contributed by atoms with Gasteiger partial charge in [-0.1, -0.05) is 12.1 Å². The van der Waals surface area contributed by atoms with E-state index in [0.717, 1.165) is 16.7 Å². The second kappa shape index (κ2) is 7.89. The maximum Gasteiger partial charge on any atom is 0.573 e. The second-order valence-corrected chi connectivity index (χ2v) is 5.85. The van der Waals surface area contributed by atoms with Gasteiger partial charge in [0.1, 0.15) is 18.1 Å². The number of hydrogen-bond acceptors (Lipinski definition) is 7. The predicted molar refractivity (Wildman–Crippen MR) is 93.6 cm³/mol. The minimum Gasteiger partial charge on any atom is -0.464 e. The Kier molecular flexibility index (Phi) is 5.52. The van der Waals surface area contributed by atoms with E-state index in [1.54, 1.807) is 13.8 Å². The Labute approximate surface area is 161 Å². The van der Waals surface area contributed by atoms with Crippen molar-refractivity contribution in [3.05, 3.63) is 40.9 Å². The summed E-state index contributed by atoms with van der Waals surface area (Å²) in [6.45, 7) is 3.55. The van der Waals surface area contributed by atoms with Crippen LogP contribution in [0, 0.1) is 0 Å². The van der Waals surface area contributed by atoms with E-state index in [4.69, 9.17) is 4.74 Å². The molecule has 1 aromatic carbocycles. The van der Waals surface area contributed by atoms with Crippen molar-refractivity contribution in [2.75, 3.05) is 6.61 Å². The van der Waals surface area contributed by atoms with Crippen LogP contribution in [0.2, 0.25) is 0 Å². The first-order chi connectivity index (χ1) is 13.7. The molecule has 0 saturated carbocycles. The molecule has 0 unspecified atom stereocenters. The molecule has 0 spiro atoms. The van der Waals surface area contributed by atoms with E-state index in [9.17, 15) is 22.8 Å². The van der Waals surface area contributed by atoms with Crippen molar-refractivity contribution >= 4 is 17.1 Å². The number of halogens is 3. The number of hydrogen-bond donors (Lipinski definition) is 0. The van der Waals surface area contributed by atoms with Gasteiger partial charge in [-0.15, -0.1) is 18.3 Å². The molecule has 0 bridgehead atoms. The van der Waals surface area contributed by atoms with Crippen molar-refractivity contribution < 1.29 is 27.4 Å². The van der Waals surface area contributed by atoms with Crippen molar-refractivity contribution in [1.82, 2.24) is 24.5 Å². The van der Waals surface area contributed by atoms with Crippen molar-refractivity contribution in [1.29, 1.82) is 0 Å². The van der Waals surface area contributed by atoms with E-state index in [1.165, 1.54) is 23.1 Å². The lowest BCUT2D eigenvalue weighted by Gasteiger charge is -2.15. The van der Waals surface area contributed by atoms with Gasteiger partial charge in [0.15, 0.2) is 11.2 Å². The fourth-order valence-electron chi connectivity index (χ4n) is 2.72. The molecular weight excluding hydrogens is 395 g/mol. The van der Waals surface area contributed by atoms with E-state index in [-0.39, 0.29) is 17.8 Å². The van der Waals surface area contributed by atoms with Gasteiger partial charge in [-0.2, -0.15) is 4.68 Å². The third-order valence-electron chi connectivity index (χ3n) is 3.98. The first-order valence-corrected chi connectivity index (χ1v) is 8.60. The summed E-state index contributed by atoms with van der Waals surface area (Å²) in [4.78, 5) is 29.0. The molecule has 154 valence electrons. The van der Waals surface area contributed by atoms with E-state index in [1.807, 2.05) is 0 Å². The Morgan fingerprint density at radius 1 is 1.21 bits per heavy atom. The Morgan fingerprint density at radius 3 is 2.48 bits per heavy atom. The highest BCUT2D eigenvalue weighted by atomic mass is 19.4. The van der Waals surface area contributed by atoms with Crippen molar-refractivity contribution in [2.45, 2.75) is 32.7 Å². The lowest BCUT2D eigenvalue weighted by Crippen LogP contribution is -2.31. The van der Waals surface area contributed by atoms with Gasteiger partial charge in [0.25, 0.3) is 5.56 Å². The molecule has 2 aromatic heterocycles. The monoisotopic (exact) mass is 411 g/mol. The smallest absolute Gasteiger partial charge is 0.464 e. The standard InChI is InChI=1S/C17H16F3N5O4/c1-3-12(16(27)28-4-2)24-9-21-14-13(15(24)26)22-23-25(14)10-5-7-11(8-6-10)29-17(18,19)20/h5-9,12H,3-4H2,1-2H3/t12-/m0/s1. The van der Waals surface area contributed by atoms with Crippen LogP contribution in [-0.2, 0) is 9.53 Å². The Morgan fingerprint density at radius 2 is 1.90 bits per heavy atom. The number of carbonyl (C=O) groups excluding carboxylic acids is 1. The minimum absolute atomic E-state index is 0.0918. The first-order valence-electron chi connectivity index (χ1n) is 8.60. The third kappa shape index (κ3) is 4.20. The number of alkyl halides is 3. The van der Waals surface area contributed by atoms with Gasteiger partial charge in [-0.25, -0.2) is 9.78 Å². The molecule has 0 N–H and O–H groups in total. The molecule has 0 aliphatic carbocycles. The van der Waals surface area contributed by atoms with E-state index in [2.05, 4.69) is 20.0 Å². The van der Waals surface area contributed by atoms with Crippen LogP contribution in [-0.4, -0.2) is 43.5 Å². The SMILES string of the molecule is CCOC(=O)[C@H](CC)n1cnc2c(nnn2-c2ccc(OC(F)(F)F)cc2)c1=O. The molecule has 0 aliphatic rings. The Hall–Kier alpha value is -3.44. The van der Waals surface area contributed by atoms with E-state index in [0.29, 0.717) is 12.1 Å². The average molecular weight is 411 g/mol. The van der Waals surface area contributed by atoms with Crippen molar-refractivity contribution in [3.8, 4) is 11.4 Å². The van der Waals surface area contributed by atoms with Crippen LogP contribution in [0.1, 0.15) is 26.3 Å². The largest absolute Gasteiger partial charge is 0.573 e. The molecule has 12 heteroatoms. The molecule has 0 fully saturated rings. The zero-order valence-electron chi connectivity index (χ0n) is 15.4. The van der Waals surface area contributed by atoms with Crippen LogP contribution < -0.4 is 10.3 Å². The molecule has 9 nitrogen and oxygen atoms in total. The number of rotatable bonds is 6. The summed E-state index contributed by atoms with van der Waals surface area (Å²) in [5.41, 5.74) is -0.261. The predicted octanol–water partition coefficient (Wildman–Crippen LogP) is 2.39. The number of aromatic nitrogens is 5. The number of benzene rings is 1. The molecule has 0 amide bonds. The number of ether oxygens (including phenoxy) is 2. The summed E-state index contributed by atoms with van der Waals surface area (Å²) in [5, 5.41) is 7.66. The van der Waals surface area contributed by atoms with Crippen LogP contribution in [0.4, 0.5) is 13.2 Å². The van der Waals surface area contributed by atoms with Gasteiger partial charge < -0.3 is 9.47 Å². The van der Waals surface area contributed by atoms with Gasteiger partial charge in [0.05, 0.1) is 12.3 Å². The zero-order valence-corrected chi connectivity index (χ0v) is 15.4. The quantitative estimate of drug-likeness (QED) is 0.574. The summed E-state index contributed by atoms with van der Waals surface area (Å²) >= 11 is 0. The number of nitrogens with zero attached hydrogens (tertiary/aromatic N) is 5. The molecule has 3 aromatic rings. The van der Waals surface area contributed by atoms with Crippen molar-refractivity contribution in [2.24, 2.45) is 0 Å². The lowest BCUT2D eigenvalue weighted by molar-refractivity contribution is -0.274. The molecule has 3 rings (SSSR count). The Bertz CT molecular complexity index is 1080. The highest BCUT2D eigenvalue weighted by molar-refractivity contribution is 5.75. The number of esters is 1. The van der Waals surface area contributed by atoms with E-state index < -0.39 is 29.7 Å². The molecule has 2 heterocycles. The number of carbonyl (C=O) groups is 1. The van der Waals surface area contributed by atoms with Gasteiger partial charge in [-0.05, 0) is 37.6 Å². The van der Waals surface area contributed by atoms with Gasteiger partial charge in [-0.3, -0.25) is 9.36 Å². The van der Waals surface area contributed by atoms with Gasteiger partial charge >= 0.3 is 12.3 Å². The highest BCUT2D eigenvalue weighted by Crippen LogP contribution is 2.24. The number of fused-ring (bicyclic) bond motifs is 1. The average Bonchev–Trinajstić information content (AvgIpc) is 3.08. The highest BCUT2D eigenvalue weighted by Gasteiger charge is 2.31. The lowest BCUT2D eigenvalue weighted by atomic mass is 10.2. The molecule has 1 atom stereocenters. The fraction of sp³-hybridized carbons (Fsp3) is 0.353. The molecule has 0 saturated heterocycles. The van der Waals surface area contributed by atoms with Crippen LogP contribution in [0.15, 0.2) is 35.4 Å². The summed E-state index contributed by atoms with van der Waals surface area (Å²) in [6.07, 6.45) is -3.31. The van der Waals surface area contributed by atoms with Gasteiger partial charge in [0, 0.05) is 0 Å². The molecular formula is C17H16F3N5O4. The Balaban J connectivity index is 1.98. The molecule has 0 radical (unpaired) electrons. The summed E-state index contributed by atoms with van der Waals surface area (Å²) in [5.74, 6) is -0.966. The van der Waals surface area contributed by atoms with Gasteiger partial charge in [0.2, 0.25) is 0 Å². The first kappa shape index (κ1) is 20.3. The maximum atomic E-state index is 12.7. The fourth-order valence-corrected chi connectivity index (χ4v) is 2.72. The molecule has 0 aliphatic heterocycles. The summed E-state index contributed by atoms with van der Waals surface area (Å²) in [6, 6.07) is 3.98. The normalized spacial score (nSPS) is 12.7. The summed E-state index contributed by atoms with van der Waals surface area (Å²) in [7, 11) is 0. The topological polar surface area (TPSA) is 101 Å². The second-order valence-electron chi connectivity index (χ2n) is 5.85. The summed E-state index contributed by atoms with van der Waals surface area (Å²) < 4.78 is 47.9. The van der Waals surface area contributed by atoms with Crippen molar-refractivity contribution in [3.63, 3.8) is 0 Å². The molecule has 29 heavy (non-hydrogen) atoms. The third-order valence-corrected chi connectivity index (χ3v) is 3.98. The van der Waals surface area contributed by atoms with Crippen LogP contribution in [0.25, 0.3) is 16.9 Å². The zero-order chi connectivity index (χ0) is 21.2. The minimum atomic E-state index is -4.80. The van der Waals surface area contributed by atoms with Crippen LogP contribution in [0.3, 0.4) is 0 Å². The van der Waals surface area contributed by atoms with Crippen LogP contribution >= 0.6 is 0 Å². The maximum absolute atomic E-state index is 12.7.